The van der Waals surface area contributed by atoms with Crippen LogP contribution in [0.4, 0.5) is 10.1 Å². The molecular weight excluding hydrogens is 337 g/mol. The second-order valence-corrected chi connectivity index (χ2v) is 6.49. The second kappa shape index (κ2) is 6.49. The van der Waals surface area contributed by atoms with Crippen LogP contribution in [0.3, 0.4) is 0 Å². The number of carbonyl (C=O) groups excluding carboxylic acids is 1. The van der Waals surface area contributed by atoms with Crippen LogP contribution in [0, 0.1) is 5.82 Å². The van der Waals surface area contributed by atoms with Crippen LogP contribution in [-0.4, -0.2) is 15.3 Å². The third-order valence-corrected chi connectivity index (χ3v) is 4.61. The molecule has 4 aromatic rings. The van der Waals surface area contributed by atoms with Crippen LogP contribution >= 0.6 is 11.3 Å². The molecule has 0 bridgehead atoms. The number of nitrogens with zero attached hydrogens (tertiary/aromatic N) is 2. The molecule has 0 aliphatic heterocycles. The largest absolute Gasteiger partial charge is 0.326 e. The van der Waals surface area contributed by atoms with Gasteiger partial charge in [-0.3, -0.25) is 9.20 Å². The van der Waals surface area contributed by atoms with Crippen molar-refractivity contribution in [3.05, 3.63) is 77.7 Å². The van der Waals surface area contributed by atoms with E-state index in [0.717, 1.165) is 16.2 Å². The van der Waals surface area contributed by atoms with Gasteiger partial charge in [0, 0.05) is 29.0 Å². The summed E-state index contributed by atoms with van der Waals surface area (Å²) in [5.41, 5.74) is 2.80. The molecule has 0 saturated carbocycles. The fourth-order valence-electron chi connectivity index (χ4n) is 2.64. The van der Waals surface area contributed by atoms with E-state index in [9.17, 15) is 9.18 Å². The zero-order chi connectivity index (χ0) is 17.2. The minimum Gasteiger partial charge on any atom is -0.326 e. The van der Waals surface area contributed by atoms with Gasteiger partial charge in [-0.25, -0.2) is 9.37 Å². The van der Waals surface area contributed by atoms with Gasteiger partial charge in [-0.05, 0) is 23.8 Å². The summed E-state index contributed by atoms with van der Waals surface area (Å²) in [4.78, 5) is 17.7. The maximum absolute atomic E-state index is 13.7. The Balaban J connectivity index is 1.52. The summed E-state index contributed by atoms with van der Waals surface area (Å²) in [5, 5.41) is 4.80. The van der Waals surface area contributed by atoms with Crippen LogP contribution < -0.4 is 5.32 Å². The molecule has 124 valence electrons. The van der Waals surface area contributed by atoms with E-state index in [1.165, 1.54) is 6.07 Å². The molecule has 0 saturated heterocycles. The van der Waals surface area contributed by atoms with Gasteiger partial charge in [0.1, 0.15) is 5.82 Å². The second-order valence-electron chi connectivity index (χ2n) is 5.62. The van der Waals surface area contributed by atoms with E-state index in [1.54, 1.807) is 35.6 Å². The Labute approximate surface area is 147 Å². The van der Waals surface area contributed by atoms with Gasteiger partial charge in [0.05, 0.1) is 12.1 Å². The molecule has 6 heteroatoms. The summed E-state index contributed by atoms with van der Waals surface area (Å²) < 4.78 is 15.6. The Bertz CT molecular complexity index is 1020. The highest BCUT2D eigenvalue weighted by Crippen LogP contribution is 2.24. The van der Waals surface area contributed by atoms with Crippen molar-refractivity contribution in [1.82, 2.24) is 9.38 Å². The van der Waals surface area contributed by atoms with Crippen LogP contribution in [0.5, 0.6) is 0 Å². The molecule has 0 spiro atoms. The summed E-state index contributed by atoms with van der Waals surface area (Å²) in [7, 11) is 0. The van der Waals surface area contributed by atoms with E-state index in [2.05, 4.69) is 10.3 Å². The van der Waals surface area contributed by atoms with Crippen molar-refractivity contribution in [3.8, 4) is 11.3 Å². The number of carbonyl (C=O) groups is 1. The number of hydrogen-bond donors (Lipinski definition) is 1. The first kappa shape index (κ1) is 15.5. The molecule has 1 N–H and O–H groups in total. The number of rotatable bonds is 4. The van der Waals surface area contributed by atoms with Gasteiger partial charge in [0.25, 0.3) is 0 Å². The van der Waals surface area contributed by atoms with E-state index in [0.29, 0.717) is 11.3 Å². The lowest BCUT2D eigenvalue weighted by atomic mass is 10.1. The van der Waals surface area contributed by atoms with Crippen LogP contribution in [0.1, 0.15) is 5.56 Å². The molecule has 0 unspecified atom stereocenters. The van der Waals surface area contributed by atoms with Crippen molar-refractivity contribution in [2.45, 2.75) is 6.42 Å². The van der Waals surface area contributed by atoms with Gasteiger partial charge in [-0.2, -0.15) is 0 Å². The van der Waals surface area contributed by atoms with Crippen molar-refractivity contribution < 1.29 is 9.18 Å². The van der Waals surface area contributed by atoms with Crippen molar-refractivity contribution in [1.29, 1.82) is 0 Å². The van der Waals surface area contributed by atoms with E-state index < -0.39 is 0 Å². The fraction of sp³-hybridized carbons (Fsp3) is 0.0526. The minimum absolute atomic E-state index is 0.00287. The number of halogens is 1. The Hall–Kier alpha value is -2.99. The number of hydrogen-bond acceptors (Lipinski definition) is 3. The average molecular weight is 351 g/mol. The zero-order valence-electron chi connectivity index (χ0n) is 13.1. The monoisotopic (exact) mass is 351 g/mol. The normalized spacial score (nSPS) is 10.9. The fourth-order valence-corrected chi connectivity index (χ4v) is 3.34. The SMILES string of the molecule is O=C(Cc1ccccc1F)Nc1cccc(-c2cn3ccsc3n2)c1. The molecule has 0 radical (unpaired) electrons. The first-order valence-corrected chi connectivity index (χ1v) is 8.63. The van der Waals surface area contributed by atoms with Gasteiger partial charge in [0.2, 0.25) is 5.91 Å². The van der Waals surface area contributed by atoms with Gasteiger partial charge < -0.3 is 5.32 Å². The molecule has 0 aliphatic carbocycles. The topological polar surface area (TPSA) is 46.4 Å². The number of aromatic nitrogens is 2. The molecule has 1 amide bonds. The quantitative estimate of drug-likeness (QED) is 0.593. The lowest BCUT2D eigenvalue weighted by Gasteiger charge is -2.07. The highest BCUT2D eigenvalue weighted by Gasteiger charge is 2.10. The smallest absolute Gasteiger partial charge is 0.228 e. The molecule has 25 heavy (non-hydrogen) atoms. The summed E-state index contributed by atoms with van der Waals surface area (Å²) in [6.07, 6.45) is 3.90. The number of imidazole rings is 1. The standard InChI is InChI=1S/C19H14FN3OS/c20-16-7-2-1-4-13(16)11-18(24)21-15-6-3-5-14(10-15)17-12-23-8-9-25-19(23)22-17/h1-10,12H,11H2,(H,21,24). The number of amides is 1. The first-order valence-electron chi connectivity index (χ1n) is 7.75. The molecule has 2 aromatic carbocycles. The van der Waals surface area contributed by atoms with Crippen LogP contribution in [0.2, 0.25) is 0 Å². The van der Waals surface area contributed by atoms with Crippen LogP contribution in [-0.2, 0) is 11.2 Å². The Morgan fingerprint density at radius 1 is 1.20 bits per heavy atom. The van der Waals surface area contributed by atoms with E-state index in [1.807, 2.05) is 40.4 Å². The Morgan fingerprint density at radius 3 is 2.92 bits per heavy atom. The van der Waals surface area contributed by atoms with Crippen LogP contribution in [0.25, 0.3) is 16.2 Å². The van der Waals surface area contributed by atoms with E-state index in [4.69, 9.17) is 0 Å². The maximum Gasteiger partial charge on any atom is 0.228 e. The molecule has 0 aliphatic rings. The molecule has 2 heterocycles. The molecular formula is C19H14FN3OS. The number of anilines is 1. The van der Waals surface area contributed by atoms with Crippen molar-refractivity contribution in [2.24, 2.45) is 0 Å². The zero-order valence-corrected chi connectivity index (χ0v) is 14.0. The highest BCUT2D eigenvalue weighted by molar-refractivity contribution is 7.15. The van der Waals surface area contributed by atoms with E-state index in [-0.39, 0.29) is 18.1 Å². The molecule has 4 nitrogen and oxygen atoms in total. The third kappa shape index (κ3) is 3.29. The molecule has 0 atom stereocenters. The maximum atomic E-state index is 13.7. The number of nitrogens with one attached hydrogen (secondary N) is 1. The highest BCUT2D eigenvalue weighted by atomic mass is 32.1. The Morgan fingerprint density at radius 2 is 2.08 bits per heavy atom. The number of thiazole rings is 1. The Kier molecular flexibility index (Phi) is 4.03. The third-order valence-electron chi connectivity index (χ3n) is 3.84. The molecule has 0 fully saturated rings. The van der Waals surface area contributed by atoms with E-state index >= 15 is 0 Å². The first-order chi connectivity index (χ1) is 12.2. The summed E-state index contributed by atoms with van der Waals surface area (Å²) in [6, 6.07) is 13.8. The summed E-state index contributed by atoms with van der Waals surface area (Å²) in [6.45, 7) is 0. The van der Waals surface area contributed by atoms with Gasteiger partial charge in [-0.15, -0.1) is 11.3 Å². The number of benzene rings is 2. The lowest BCUT2D eigenvalue weighted by molar-refractivity contribution is -0.115. The summed E-state index contributed by atoms with van der Waals surface area (Å²) in [5.74, 6) is -0.627. The van der Waals surface area contributed by atoms with Gasteiger partial charge >= 0.3 is 0 Å². The van der Waals surface area contributed by atoms with Gasteiger partial charge in [-0.1, -0.05) is 30.3 Å². The molecule has 2 aromatic heterocycles. The van der Waals surface area contributed by atoms with Crippen molar-refractivity contribution in [3.63, 3.8) is 0 Å². The lowest BCUT2D eigenvalue weighted by Crippen LogP contribution is -2.15. The van der Waals surface area contributed by atoms with Crippen molar-refractivity contribution in [2.75, 3.05) is 5.32 Å². The van der Waals surface area contributed by atoms with Crippen LogP contribution in [0.15, 0.2) is 66.3 Å². The van der Waals surface area contributed by atoms with Gasteiger partial charge in [0.15, 0.2) is 4.96 Å². The average Bonchev–Trinajstić information content (AvgIpc) is 3.19. The number of fused-ring (bicyclic) bond motifs is 1. The predicted octanol–water partition coefficient (Wildman–Crippen LogP) is 4.38. The summed E-state index contributed by atoms with van der Waals surface area (Å²) >= 11 is 1.57. The van der Waals surface area contributed by atoms with Crippen molar-refractivity contribution >= 4 is 27.9 Å². The minimum atomic E-state index is -0.371. The molecule has 4 rings (SSSR count). The predicted molar refractivity (Wildman–Crippen MR) is 97.2 cm³/mol.